The Hall–Kier alpha value is -1.20. The van der Waals surface area contributed by atoms with Gasteiger partial charge in [-0.3, -0.25) is 4.79 Å². The quantitative estimate of drug-likeness (QED) is 0.720. The average molecular weight is 266 g/mol. The van der Waals surface area contributed by atoms with Crippen LogP contribution in [0.1, 0.15) is 12.8 Å². The van der Waals surface area contributed by atoms with Gasteiger partial charge >= 0.3 is 0 Å². The number of aromatic hydroxyl groups is 1. The van der Waals surface area contributed by atoms with E-state index in [1.54, 1.807) is 12.1 Å². The molecule has 0 saturated carbocycles. The third-order valence-electron chi connectivity index (χ3n) is 2.87. The minimum absolute atomic E-state index is 0.0711. The van der Waals surface area contributed by atoms with E-state index in [1.807, 2.05) is 12.1 Å². The molecule has 0 aliphatic carbocycles. The second-order valence-corrected chi connectivity index (χ2v) is 5.44. The number of thioether (sulfide) groups is 1. The van der Waals surface area contributed by atoms with Crippen molar-refractivity contribution in [1.82, 2.24) is 10.6 Å². The van der Waals surface area contributed by atoms with Gasteiger partial charge in [0, 0.05) is 17.5 Å². The van der Waals surface area contributed by atoms with Crippen molar-refractivity contribution in [3.63, 3.8) is 0 Å². The van der Waals surface area contributed by atoms with Gasteiger partial charge in [0.2, 0.25) is 5.91 Å². The van der Waals surface area contributed by atoms with Crippen LogP contribution < -0.4 is 10.6 Å². The Balaban J connectivity index is 1.72. The lowest BCUT2D eigenvalue weighted by Crippen LogP contribution is -2.46. The van der Waals surface area contributed by atoms with Crippen molar-refractivity contribution in [3.05, 3.63) is 24.3 Å². The minimum atomic E-state index is 0.0711. The van der Waals surface area contributed by atoms with E-state index < -0.39 is 0 Å². The fraction of sp³-hybridized carbons (Fsp3) is 0.462. The smallest absolute Gasteiger partial charge is 0.230 e. The molecule has 1 amide bonds. The van der Waals surface area contributed by atoms with E-state index in [1.165, 1.54) is 11.8 Å². The van der Waals surface area contributed by atoms with Gasteiger partial charge in [-0.1, -0.05) is 0 Å². The maximum absolute atomic E-state index is 11.7. The fourth-order valence-electron chi connectivity index (χ4n) is 1.94. The highest BCUT2D eigenvalue weighted by molar-refractivity contribution is 8.00. The van der Waals surface area contributed by atoms with Gasteiger partial charge < -0.3 is 15.7 Å². The van der Waals surface area contributed by atoms with Gasteiger partial charge in [-0.2, -0.15) is 0 Å². The molecule has 1 fully saturated rings. The maximum atomic E-state index is 11.7. The molecule has 2 rings (SSSR count). The first-order valence-corrected chi connectivity index (χ1v) is 7.14. The predicted octanol–water partition coefficient (Wildman–Crippen LogP) is 1.35. The van der Waals surface area contributed by atoms with Crippen molar-refractivity contribution >= 4 is 17.7 Å². The van der Waals surface area contributed by atoms with E-state index >= 15 is 0 Å². The molecular formula is C13H18N2O2S. The zero-order valence-corrected chi connectivity index (χ0v) is 11.0. The second kappa shape index (κ2) is 6.66. The van der Waals surface area contributed by atoms with Gasteiger partial charge in [0.05, 0.1) is 5.75 Å². The first-order valence-electron chi connectivity index (χ1n) is 6.16. The lowest BCUT2D eigenvalue weighted by Gasteiger charge is -2.23. The van der Waals surface area contributed by atoms with Crippen LogP contribution in [0.25, 0.3) is 0 Å². The molecule has 98 valence electrons. The Kier molecular flexibility index (Phi) is 4.90. The van der Waals surface area contributed by atoms with Crippen LogP contribution in [0.3, 0.4) is 0 Å². The molecule has 1 atom stereocenters. The van der Waals surface area contributed by atoms with Gasteiger partial charge in [-0.15, -0.1) is 11.8 Å². The SMILES string of the molecule is O=C(CSc1ccc(O)cc1)N[C@H]1CCCNC1. The summed E-state index contributed by atoms with van der Waals surface area (Å²) in [6.07, 6.45) is 2.18. The van der Waals surface area contributed by atoms with Crippen molar-refractivity contribution in [2.75, 3.05) is 18.8 Å². The number of piperidine rings is 1. The number of phenols is 1. The number of nitrogens with one attached hydrogen (secondary N) is 2. The normalized spacial score (nSPS) is 19.4. The zero-order valence-electron chi connectivity index (χ0n) is 10.2. The van der Waals surface area contributed by atoms with Gasteiger partial charge in [0.1, 0.15) is 5.75 Å². The monoisotopic (exact) mass is 266 g/mol. The van der Waals surface area contributed by atoms with E-state index in [-0.39, 0.29) is 17.7 Å². The lowest BCUT2D eigenvalue weighted by molar-refractivity contribution is -0.119. The second-order valence-electron chi connectivity index (χ2n) is 4.39. The summed E-state index contributed by atoms with van der Waals surface area (Å²) in [7, 11) is 0. The number of phenolic OH excluding ortho intramolecular Hbond substituents is 1. The summed E-state index contributed by atoms with van der Waals surface area (Å²) in [5, 5.41) is 15.5. The van der Waals surface area contributed by atoms with Crippen molar-refractivity contribution in [3.8, 4) is 5.75 Å². The average Bonchev–Trinajstić information content (AvgIpc) is 2.39. The topological polar surface area (TPSA) is 61.4 Å². The summed E-state index contributed by atoms with van der Waals surface area (Å²) in [4.78, 5) is 12.7. The van der Waals surface area contributed by atoms with Crippen molar-refractivity contribution in [2.45, 2.75) is 23.8 Å². The molecule has 18 heavy (non-hydrogen) atoms. The summed E-state index contributed by atoms with van der Waals surface area (Å²) in [5.41, 5.74) is 0. The Morgan fingerprint density at radius 1 is 1.44 bits per heavy atom. The molecule has 3 N–H and O–H groups in total. The predicted molar refractivity (Wildman–Crippen MR) is 72.9 cm³/mol. The third kappa shape index (κ3) is 4.23. The van der Waals surface area contributed by atoms with Crippen LogP contribution in [0.5, 0.6) is 5.75 Å². The summed E-state index contributed by atoms with van der Waals surface area (Å²) in [6, 6.07) is 7.16. The van der Waals surface area contributed by atoms with Gasteiger partial charge in [-0.05, 0) is 43.7 Å². The van der Waals surface area contributed by atoms with Crippen LogP contribution in [0.4, 0.5) is 0 Å². The molecule has 1 heterocycles. The first kappa shape index (κ1) is 13.2. The molecule has 5 heteroatoms. The Bertz CT molecular complexity index is 388. The van der Waals surface area contributed by atoms with Gasteiger partial charge in [-0.25, -0.2) is 0 Å². The Morgan fingerprint density at radius 2 is 2.22 bits per heavy atom. The van der Waals surface area contributed by atoms with Crippen molar-refractivity contribution in [1.29, 1.82) is 0 Å². The number of amides is 1. The molecule has 1 aliphatic heterocycles. The molecule has 0 radical (unpaired) electrons. The Labute approximate surface area is 111 Å². The number of hydrogen-bond donors (Lipinski definition) is 3. The molecule has 0 aromatic heterocycles. The number of benzene rings is 1. The summed E-state index contributed by atoms with van der Waals surface area (Å²) >= 11 is 1.48. The highest BCUT2D eigenvalue weighted by Crippen LogP contribution is 2.20. The summed E-state index contributed by atoms with van der Waals surface area (Å²) in [5.74, 6) is 0.736. The fourth-order valence-corrected chi connectivity index (χ4v) is 2.65. The number of rotatable bonds is 4. The van der Waals surface area contributed by atoms with E-state index in [9.17, 15) is 4.79 Å². The molecule has 1 aromatic carbocycles. The van der Waals surface area contributed by atoms with E-state index in [0.717, 1.165) is 30.8 Å². The number of carbonyl (C=O) groups is 1. The van der Waals surface area contributed by atoms with Crippen LogP contribution in [-0.4, -0.2) is 35.9 Å². The van der Waals surface area contributed by atoms with Crippen molar-refractivity contribution in [2.24, 2.45) is 0 Å². The van der Waals surface area contributed by atoms with E-state index in [0.29, 0.717) is 5.75 Å². The summed E-state index contributed by atoms with van der Waals surface area (Å²) < 4.78 is 0. The molecule has 1 saturated heterocycles. The van der Waals surface area contributed by atoms with Crippen molar-refractivity contribution < 1.29 is 9.90 Å². The highest BCUT2D eigenvalue weighted by atomic mass is 32.2. The van der Waals surface area contributed by atoms with Gasteiger partial charge in [0.25, 0.3) is 0 Å². The molecular weight excluding hydrogens is 248 g/mol. The zero-order chi connectivity index (χ0) is 12.8. The van der Waals surface area contributed by atoms with Crippen LogP contribution in [0.2, 0.25) is 0 Å². The number of hydrogen-bond acceptors (Lipinski definition) is 4. The molecule has 0 bridgehead atoms. The van der Waals surface area contributed by atoms with E-state index in [4.69, 9.17) is 5.11 Å². The van der Waals surface area contributed by atoms with Crippen LogP contribution in [0.15, 0.2) is 29.2 Å². The largest absolute Gasteiger partial charge is 0.508 e. The first-order chi connectivity index (χ1) is 8.74. The van der Waals surface area contributed by atoms with Gasteiger partial charge in [0.15, 0.2) is 0 Å². The highest BCUT2D eigenvalue weighted by Gasteiger charge is 2.15. The maximum Gasteiger partial charge on any atom is 0.230 e. The lowest BCUT2D eigenvalue weighted by atomic mass is 10.1. The van der Waals surface area contributed by atoms with Crippen LogP contribution >= 0.6 is 11.8 Å². The van der Waals surface area contributed by atoms with E-state index in [2.05, 4.69) is 10.6 Å². The molecule has 0 spiro atoms. The standard InChI is InChI=1S/C13H18N2O2S/c16-11-3-5-12(6-4-11)18-9-13(17)15-10-2-1-7-14-8-10/h3-6,10,14,16H,1-2,7-9H2,(H,15,17)/t10-/m0/s1. The Morgan fingerprint density at radius 3 is 2.89 bits per heavy atom. The van der Waals surface area contributed by atoms with Crippen LogP contribution in [0, 0.1) is 0 Å². The molecule has 1 aliphatic rings. The molecule has 1 aromatic rings. The molecule has 0 unspecified atom stereocenters. The molecule has 4 nitrogen and oxygen atoms in total. The minimum Gasteiger partial charge on any atom is -0.508 e. The third-order valence-corrected chi connectivity index (χ3v) is 3.88. The number of carbonyl (C=O) groups excluding carboxylic acids is 1. The van der Waals surface area contributed by atoms with Crippen LogP contribution in [-0.2, 0) is 4.79 Å². The summed E-state index contributed by atoms with van der Waals surface area (Å²) in [6.45, 7) is 1.92.